The zero-order chi connectivity index (χ0) is 19.6. The molecule has 0 aromatic heterocycles. The summed E-state index contributed by atoms with van der Waals surface area (Å²) in [6.07, 6.45) is -0.775. The Labute approximate surface area is 152 Å². The smallest absolute Gasteiger partial charge is 0.333 e. The Morgan fingerprint density at radius 2 is 1.96 bits per heavy atom. The van der Waals surface area contributed by atoms with E-state index >= 15 is 0 Å². The molecule has 0 aliphatic carbocycles. The number of hydrogen-bond donors (Lipinski definition) is 1. The molecule has 0 radical (unpaired) electrons. The van der Waals surface area contributed by atoms with Gasteiger partial charge in [0.05, 0.1) is 6.42 Å². The molecule has 1 heterocycles. The highest BCUT2D eigenvalue weighted by molar-refractivity contribution is 5.80. The van der Waals surface area contributed by atoms with E-state index < -0.39 is 29.5 Å². The normalized spacial score (nSPS) is 17.4. The van der Waals surface area contributed by atoms with Crippen molar-refractivity contribution in [1.29, 1.82) is 0 Å². The fourth-order valence-electron chi connectivity index (χ4n) is 3.38. The highest BCUT2D eigenvalue weighted by Crippen LogP contribution is 2.38. The lowest BCUT2D eigenvalue weighted by molar-refractivity contribution is -0.221. The van der Waals surface area contributed by atoms with Crippen LogP contribution in [-0.2, 0) is 24.6 Å². The van der Waals surface area contributed by atoms with Gasteiger partial charge in [0, 0.05) is 30.7 Å². The topological polar surface area (TPSA) is 93.1 Å². The molecule has 142 valence electrons. The van der Waals surface area contributed by atoms with Crippen molar-refractivity contribution >= 4 is 17.8 Å². The molecule has 1 unspecified atom stereocenters. The van der Waals surface area contributed by atoms with Gasteiger partial charge in [0.25, 0.3) is 5.91 Å². The molecule has 1 N–H and O–H groups in total. The Balaban J connectivity index is 2.25. The number of hydrogen-bond acceptors (Lipinski definition) is 6. The zero-order valence-electron chi connectivity index (χ0n) is 15.8. The number of aryl methyl sites for hydroxylation is 2. The van der Waals surface area contributed by atoms with Crippen molar-refractivity contribution in [2.75, 3.05) is 0 Å². The second kappa shape index (κ2) is 7.45. The molecule has 7 heteroatoms. The maximum absolute atomic E-state index is 12.4. The molecule has 26 heavy (non-hydrogen) atoms. The molecule has 7 nitrogen and oxygen atoms in total. The molecular formula is C19H25NO6. The van der Waals surface area contributed by atoms with E-state index in [1.165, 1.54) is 6.92 Å². The summed E-state index contributed by atoms with van der Waals surface area (Å²) in [5.41, 5.74) is 1.83. The maximum Gasteiger partial charge on any atom is 0.333 e. The molecule has 1 aliphatic heterocycles. The van der Waals surface area contributed by atoms with Gasteiger partial charge in [0.1, 0.15) is 5.75 Å². The van der Waals surface area contributed by atoms with E-state index in [9.17, 15) is 19.5 Å². The molecule has 0 saturated carbocycles. The van der Waals surface area contributed by atoms with E-state index in [2.05, 4.69) is 0 Å². The molecule has 1 fully saturated rings. The molecule has 1 saturated heterocycles. The van der Waals surface area contributed by atoms with Gasteiger partial charge in [-0.2, -0.15) is 0 Å². The van der Waals surface area contributed by atoms with E-state index in [-0.39, 0.29) is 19.3 Å². The molecule has 1 aromatic rings. The molecule has 0 bridgehead atoms. The van der Waals surface area contributed by atoms with Crippen molar-refractivity contribution in [3.8, 4) is 5.75 Å². The number of benzene rings is 1. The first-order chi connectivity index (χ1) is 12.0. The zero-order valence-corrected chi connectivity index (χ0v) is 15.8. The number of amides is 1. The number of aliphatic hydroxyl groups excluding tert-OH is 1. The van der Waals surface area contributed by atoms with E-state index in [0.717, 1.165) is 21.8 Å². The highest BCUT2D eigenvalue weighted by atomic mass is 16.7. The monoisotopic (exact) mass is 363 g/mol. The van der Waals surface area contributed by atoms with Crippen LogP contribution in [0.4, 0.5) is 0 Å². The number of esters is 1. The van der Waals surface area contributed by atoms with Gasteiger partial charge in [-0.15, -0.1) is 5.06 Å². The highest BCUT2D eigenvalue weighted by Gasteiger charge is 2.36. The summed E-state index contributed by atoms with van der Waals surface area (Å²) in [4.78, 5) is 40.5. The van der Waals surface area contributed by atoms with Crippen LogP contribution in [0.5, 0.6) is 5.75 Å². The predicted octanol–water partition coefficient (Wildman–Crippen LogP) is 2.30. The fourth-order valence-corrected chi connectivity index (χ4v) is 3.38. The second-order valence-electron chi connectivity index (χ2n) is 7.31. The number of ether oxygens (including phenoxy) is 1. The molecule has 1 atom stereocenters. The Morgan fingerprint density at radius 1 is 1.31 bits per heavy atom. The third kappa shape index (κ3) is 4.40. The number of aliphatic hydroxyl groups is 1. The fraction of sp³-hybridized carbons (Fsp3) is 0.526. The lowest BCUT2D eigenvalue weighted by Gasteiger charge is -2.29. The Bertz CT molecular complexity index is 740. The SMILES string of the molecule is CC(=O)Oc1cc(C)cc(C)c1C(C)(C)CC(=O)ON1C(=O)CCC1O. The summed E-state index contributed by atoms with van der Waals surface area (Å²) in [5, 5.41) is 10.4. The number of rotatable bonds is 5. The van der Waals surface area contributed by atoms with Crippen LogP contribution in [0, 0.1) is 13.8 Å². The minimum atomic E-state index is -1.10. The standard InChI is InChI=1S/C19H25NO6/c1-11-8-12(2)18(14(9-11)25-13(3)21)19(4,5)10-17(24)26-20-15(22)6-7-16(20)23/h8-9,15,22H,6-7,10H2,1-5H3. The van der Waals surface area contributed by atoms with Gasteiger partial charge in [-0.1, -0.05) is 19.9 Å². The van der Waals surface area contributed by atoms with Crippen molar-refractivity contribution < 1.29 is 29.1 Å². The lowest BCUT2D eigenvalue weighted by atomic mass is 9.78. The first-order valence-electron chi connectivity index (χ1n) is 8.52. The molecule has 0 spiro atoms. The number of hydroxylamine groups is 2. The first kappa shape index (κ1) is 19.9. The molecular weight excluding hydrogens is 338 g/mol. The number of carbonyl (C=O) groups excluding carboxylic acids is 3. The Morgan fingerprint density at radius 3 is 2.50 bits per heavy atom. The van der Waals surface area contributed by atoms with Gasteiger partial charge < -0.3 is 14.7 Å². The quantitative estimate of drug-likeness (QED) is 0.637. The average Bonchev–Trinajstić information content (AvgIpc) is 2.76. The van der Waals surface area contributed by atoms with Crippen molar-refractivity contribution in [2.24, 2.45) is 0 Å². The minimum absolute atomic E-state index is 0.0539. The van der Waals surface area contributed by atoms with Crippen LogP contribution in [0.2, 0.25) is 0 Å². The number of carbonyl (C=O) groups is 3. The van der Waals surface area contributed by atoms with Crippen LogP contribution in [0.25, 0.3) is 0 Å². The summed E-state index contributed by atoms with van der Waals surface area (Å²) in [6, 6.07) is 3.70. The molecule has 1 amide bonds. The third-order valence-corrected chi connectivity index (χ3v) is 4.29. The van der Waals surface area contributed by atoms with Crippen molar-refractivity contribution in [1.82, 2.24) is 5.06 Å². The van der Waals surface area contributed by atoms with Gasteiger partial charge in [-0.05, 0) is 31.0 Å². The molecule has 2 rings (SSSR count). The van der Waals surface area contributed by atoms with Crippen LogP contribution < -0.4 is 4.74 Å². The van der Waals surface area contributed by atoms with Crippen LogP contribution in [0.3, 0.4) is 0 Å². The molecule has 1 aliphatic rings. The summed E-state index contributed by atoms with van der Waals surface area (Å²) in [7, 11) is 0. The summed E-state index contributed by atoms with van der Waals surface area (Å²) >= 11 is 0. The summed E-state index contributed by atoms with van der Waals surface area (Å²) in [6.45, 7) is 8.77. The van der Waals surface area contributed by atoms with Gasteiger partial charge in [0.2, 0.25) is 0 Å². The minimum Gasteiger partial charge on any atom is -0.426 e. The van der Waals surface area contributed by atoms with Gasteiger partial charge >= 0.3 is 11.9 Å². The third-order valence-electron chi connectivity index (χ3n) is 4.29. The van der Waals surface area contributed by atoms with Crippen LogP contribution in [0.1, 0.15) is 56.7 Å². The van der Waals surface area contributed by atoms with E-state index in [0.29, 0.717) is 5.75 Å². The summed E-state index contributed by atoms with van der Waals surface area (Å²) < 4.78 is 5.35. The lowest BCUT2D eigenvalue weighted by Crippen LogP contribution is -2.37. The van der Waals surface area contributed by atoms with Gasteiger partial charge in [-0.3, -0.25) is 9.59 Å². The largest absolute Gasteiger partial charge is 0.426 e. The van der Waals surface area contributed by atoms with Crippen LogP contribution in [0.15, 0.2) is 12.1 Å². The first-order valence-corrected chi connectivity index (χ1v) is 8.52. The Kier molecular flexibility index (Phi) is 5.71. The van der Waals surface area contributed by atoms with Crippen molar-refractivity contribution in [3.05, 3.63) is 28.8 Å². The van der Waals surface area contributed by atoms with Crippen LogP contribution in [-0.4, -0.2) is 34.2 Å². The van der Waals surface area contributed by atoms with Crippen molar-refractivity contribution in [2.45, 2.75) is 65.5 Å². The van der Waals surface area contributed by atoms with Crippen molar-refractivity contribution in [3.63, 3.8) is 0 Å². The average molecular weight is 363 g/mol. The Hall–Kier alpha value is -2.41. The van der Waals surface area contributed by atoms with Gasteiger partial charge in [0.15, 0.2) is 6.23 Å². The summed E-state index contributed by atoms with van der Waals surface area (Å²) in [5.74, 6) is -1.10. The number of nitrogens with zero attached hydrogens (tertiary/aromatic N) is 1. The van der Waals surface area contributed by atoms with Gasteiger partial charge in [-0.25, -0.2) is 4.79 Å². The molecule has 1 aromatic carbocycles. The second-order valence-corrected chi connectivity index (χ2v) is 7.31. The predicted molar refractivity (Wildman–Crippen MR) is 93.0 cm³/mol. The van der Waals surface area contributed by atoms with Crippen LogP contribution >= 0.6 is 0 Å². The maximum atomic E-state index is 12.4. The van der Waals surface area contributed by atoms with E-state index in [1.807, 2.05) is 33.8 Å². The van der Waals surface area contributed by atoms with E-state index in [4.69, 9.17) is 9.57 Å². The van der Waals surface area contributed by atoms with E-state index in [1.54, 1.807) is 6.07 Å².